The van der Waals surface area contributed by atoms with Crippen LogP contribution in [0.4, 0.5) is 5.82 Å². The van der Waals surface area contributed by atoms with Gasteiger partial charge in [0.1, 0.15) is 18.1 Å². The zero-order valence-electron chi connectivity index (χ0n) is 18.6. The predicted octanol–water partition coefficient (Wildman–Crippen LogP) is 5.82. The third-order valence-electron chi connectivity index (χ3n) is 5.02. The first-order valence-electron chi connectivity index (χ1n) is 10.7. The van der Waals surface area contributed by atoms with Gasteiger partial charge in [-0.15, -0.1) is 0 Å². The van der Waals surface area contributed by atoms with Gasteiger partial charge in [0, 0.05) is 28.9 Å². The second kappa shape index (κ2) is 11.2. The largest absolute Gasteiger partial charge is 0.496 e. The molecule has 1 amide bonds. The molecule has 34 heavy (non-hydrogen) atoms. The van der Waals surface area contributed by atoms with E-state index in [0.29, 0.717) is 24.0 Å². The predicted molar refractivity (Wildman–Crippen MR) is 134 cm³/mol. The van der Waals surface area contributed by atoms with Crippen molar-refractivity contribution in [3.05, 3.63) is 113 Å². The number of ether oxygens (including phenoxy) is 2. The van der Waals surface area contributed by atoms with E-state index in [-0.39, 0.29) is 5.91 Å². The molecule has 172 valence electrons. The molecule has 0 unspecified atom stereocenters. The van der Waals surface area contributed by atoms with Crippen molar-refractivity contribution in [2.75, 3.05) is 12.4 Å². The Balaban J connectivity index is 1.36. The Kier molecular flexibility index (Phi) is 7.63. The average Bonchev–Trinajstić information content (AvgIpc) is 3.30. The number of amides is 1. The van der Waals surface area contributed by atoms with Crippen molar-refractivity contribution < 1.29 is 14.3 Å². The third kappa shape index (κ3) is 6.49. The molecule has 0 saturated carbocycles. The van der Waals surface area contributed by atoms with E-state index in [2.05, 4.69) is 10.4 Å². The number of benzene rings is 3. The number of carbonyl (C=O) groups is 1. The number of rotatable bonds is 9. The Labute approximate surface area is 203 Å². The molecule has 0 saturated heterocycles. The van der Waals surface area contributed by atoms with Crippen LogP contribution in [0.25, 0.3) is 6.08 Å². The average molecular weight is 474 g/mol. The number of hydrogen-bond donors (Lipinski definition) is 1. The first-order valence-corrected chi connectivity index (χ1v) is 11.1. The fraction of sp³-hybridized carbons (Fsp3) is 0.111. The number of anilines is 1. The molecule has 4 aromatic rings. The number of aromatic nitrogens is 2. The fourth-order valence-electron chi connectivity index (χ4n) is 3.33. The number of nitrogens with one attached hydrogen (secondary N) is 1. The van der Waals surface area contributed by atoms with Crippen molar-refractivity contribution in [3.63, 3.8) is 0 Å². The van der Waals surface area contributed by atoms with E-state index in [1.54, 1.807) is 23.9 Å². The van der Waals surface area contributed by atoms with Gasteiger partial charge in [0.25, 0.3) is 0 Å². The number of nitrogens with zero attached hydrogens (tertiary/aromatic N) is 2. The molecule has 1 heterocycles. The maximum atomic E-state index is 12.4. The van der Waals surface area contributed by atoms with Gasteiger partial charge in [0.15, 0.2) is 5.82 Å². The van der Waals surface area contributed by atoms with Gasteiger partial charge in [-0.25, -0.2) is 0 Å². The molecule has 6 nitrogen and oxygen atoms in total. The van der Waals surface area contributed by atoms with Crippen molar-refractivity contribution in [1.29, 1.82) is 0 Å². The van der Waals surface area contributed by atoms with Crippen molar-refractivity contribution in [1.82, 2.24) is 9.78 Å². The van der Waals surface area contributed by atoms with Crippen molar-refractivity contribution >= 4 is 29.4 Å². The lowest BCUT2D eigenvalue weighted by Gasteiger charge is -2.11. The zero-order chi connectivity index (χ0) is 23.8. The van der Waals surface area contributed by atoms with Crippen molar-refractivity contribution in [2.45, 2.75) is 13.2 Å². The van der Waals surface area contributed by atoms with Gasteiger partial charge in [-0.1, -0.05) is 48.0 Å². The van der Waals surface area contributed by atoms with E-state index in [1.807, 2.05) is 79.0 Å². The molecule has 7 heteroatoms. The minimum atomic E-state index is -0.269. The Bertz CT molecular complexity index is 1270. The van der Waals surface area contributed by atoms with E-state index < -0.39 is 0 Å². The molecule has 3 aromatic carbocycles. The van der Waals surface area contributed by atoms with Gasteiger partial charge in [-0.3, -0.25) is 9.48 Å². The van der Waals surface area contributed by atoms with E-state index >= 15 is 0 Å². The van der Waals surface area contributed by atoms with Crippen LogP contribution in [0.1, 0.15) is 16.7 Å². The van der Waals surface area contributed by atoms with Crippen LogP contribution in [0.2, 0.25) is 5.02 Å². The molecule has 1 N–H and O–H groups in total. The minimum absolute atomic E-state index is 0.269. The monoisotopic (exact) mass is 473 g/mol. The molecule has 1 aromatic heterocycles. The zero-order valence-corrected chi connectivity index (χ0v) is 19.4. The molecule has 4 rings (SSSR count). The van der Waals surface area contributed by atoms with E-state index in [4.69, 9.17) is 21.1 Å². The fourth-order valence-corrected chi connectivity index (χ4v) is 3.45. The maximum absolute atomic E-state index is 12.4. The van der Waals surface area contributed by atoms with Gasteiger partial charge in [-0.2, -0.15) is 5.10 Å². The van der Waals surface area contributed by atoms with Crippen molar-refractivity contribution in [2.24, 2.45) is 0 Å². The minimum Gasteiger partial charge on any atom is -0.496 e. The molecule has 0 aliphatic carbocycles. The highest BCUT2D eigenvalue weighted by Crippen LogP contribution is 2.23. The maximum Gasteiger partial charge on any atom is 0.249 e. The smallest absolute Gasteiger partial charge is 0.249 e. The number of hydrogen-bond acceptors (Lipinski definition) is 4. The highest BCUT2D eigenvalue weighted by molar-refractivity contribution is 6.30. The van der Waals surface area contributed by atoms with E-state index in [1.165, 1.54) is 6.08 Å². The van der Waals surface area contributed by atoms with Crippen LogP contribution in [0, 0.1) is 0 Å². The highest BCUT2D eigenvalue weighted by Gasteiger charge is 2.07. The summed E-state index contributed by atoms with van der Waals surface area (Å²) in [5.74, 6) is 1.72. The Morgan fingerprint density at radius 3 is 2.62 bits per heavy atom. The molecule has 0 aliphatic rings. The number of carbonyl (C=O) groups excluding carboxylic acids is 1. The molecule has 0 radical (unpaired) electrons. The molecular weight excluding hydrogens is 450 g/mol. The van der Waals surface area contributed by atoms with Crippen LogP contribution in [0.5, 0.6) is 11.5 Å². The second-order valence-electron chi connectivity index (χ2n) is 7.52. The van der Waals surface area contributed by atoms with Gasteiger partial charge in [0.2, 0.25) is 5.91 Å². The molecule has 0 aliphatic heterocycles. The van der Waals surface area contributed by atoms with Crippen LogP contribution < -0.4 is 14.8 Å². The topological polar surface area (TPSA) is 65.4 Å². The number of para-hydroxylation sites is 1. The summed E-state index contributed by atoms with van der Waals surface area (Å²) in [7, 11) is 1.62. The summed E-state index contributed by atoms with van der Waals surface area (Å²) in [6.45, 7) is 0.939. The lowest BCUT2D eigenvalue weighted by molar-refractivity contribution is -0.111. The van der Waals surface area contributed by atoms with Crippen LogP contribution in [-0.4, -0.2) is 22.8 Å². The molecule has 0 spiro atoms. The third-order valence-corrected chi connectivity index (χ3v) is 5.27. The number of methoxy groups -OCH3 is 1. The summed E-state index contributed by atoms with van der Waals surface area (Å²) >= 11 is 5.93. The molecule has 0 fully saturated rings. The molecule has 0 atom stereocenters. The van der Waals surface area contributed by atoms with E-state index in [0.717, 1.165) is 28.2 Å². The van der Waals surface area contributed by atoms with Gasteiger partial charge < -0.3 is 14.8 Å². The summed E-state index contributed by atoms with van der Waals surface area (Å²) in [5.41, 5.74) is 2.81. The Hall–Kier alpha value is -4.03. The van der Waals surface area contributed by atoms with Crippen LogP contribution in [-0.2, 0) is 17.9 Å². The molecular formula is C27H24ClN3O3. The lowest BCUT2D eigenvalue weighted by Crippen LogP contribution is -2.09. The van der Waals surface area contributed by atoms with Gasteiger partial charge in [-0.05, 0) is 53.6 Å². The molecule has 0 bridgehead atoms. The SMILES string of the molecule is COc1ccc(/C=C/C(=O)Nc2ccn(Cc3ccc(Cl)cc3)n2)cc1COc1ccccc1. The summed E-state index contributed by atoms with van der Waals surface area (Å²) in [4.78, 5) is 12.4. The summed E-state index contributed by atoms with van der Waals surface area (Å²) in [6.07, 6.45) is 5.03. The van der Waals surface area contributed by atoms with Gasteiger partial charge in [0.05, 0.1) is 13.7 Å². The van der Waals surface area contributed by atoms with Crippen LogP contribution in [0.15, 0.2) is 91.1 Å². The van der Waals surface area contributed by atoms with E-state index in [9.17, 15) is 4.79 Å². The first kappa shape index (κ1) is 23.1. The van der Waals surface area contributed by atoms with Crippen LogP contribution >= 0.6 is 11.6 Å². The van der Waals surface area contributed by atoms with Crippen molar-refractivity contribution in [3.8, 4) is 11.5 Å². The Morgan fingerprint density at radius 2 is 1.85 bits per heavy atom. The first-order chi connectivity index (χ1) is 16.6. The summed E-state index contributed by atoms with van der Waals surface area (Å²) in [6, 6.07) is 24.6. The lowest BCUT2D eigenvalue weighted by atomic mass is 10.1. The van der Waals surface area contributed by atoms with Gasteiger partial charge >= 0.3 is 0 Å². The quantitative estimate of drug-likeness (QED) is 0.311. The normalized spacial score (nSPS) is 10.9. The Morgan fingerprint density at radius 1 is 1.06 bits per heavy atom. The second-order valence-corrected chi connectivity index (χ2v) is 7.96. The summed E-state index contributed by atoms with van der Waals surface area (Å²) in [5, 5.41) is 7.87. The number of halogens is 1. The standard InChI is InChI=1S/C27H24ClN3O3/c1-33-25-13-9-20(17-22(25)19-34-24-5-3-2-4-6-24)10-14-27(32)29-26-15-16-31(30-26)18-21-7-11-23(28)12-8-21/h2-17H,18-19H2,1H3,(H,29,30,32)/b14-10+. The van der Waals surface area contributed by atoms with Crippen LogP contribution in [0.3, 0.4) is 0 Å². The summed E-state index contributed by atoms with van der Waals surface area (Å²) < 4.78 is 13.0. The highest BCUT2D eigenvalue weighted by atomic mass is 35.5.